The lowest BCUT2D eigenvalue weighted by Crippen LogP contribution is -2.49. The second-order valence-corrected chi connectivity index (χ2v) is 6.93. The standard InChI is InChI=1S/C16H29NO/c1-12-11-18-9-8-16(12)17-15-7-6-13-4-2-3-5-14(13)10-15/h12-17H,2-11H2,1H3. The molecule has 0 radical (unpaired) electrons. The largest absolute Gasteiger partial charge is 0.381 e. The maximum Gasteiger partial charge on any atom is 0.0506 e. The minimum Gasteiger partial charge on any atom is -0.381 e. The summed E-state index contributed by atoms with van der Waals surface area (Å²) in [5.74, 6) is 2.81. The van der Waals surface area contributed by atoms with Crippen molar-refractivity contribution >= 4 is 0 Å². The van der Waals surface area contributed by atoms with Crippen molar-refractivity contribution in [3.63, 3.8) is 0 Å². The van der Waals surface area contributed by atoms with E-state index in [1.54, 1.807) is 0 Å². The topological polar surface area (TPSA) is 21.3 Å². The van der Waals surface area contributed by atoms with Crippen molar-refractivity contribution in [1.29, 1.82) is 0 Å². The summed E-state index contributed by atoms with van der Waals surface area (Å²) < 4.78 is 5.55. The van der Waals surface area contributed by atoms with Gasteiger partial charge in [-0.05, 0) is 43.4 Å². The zero-order valence-electron chi connectivity index (χ0n) is 11.9. The molecule has 0 aromatic heterocycles. The summed E-state index contributed by atoms with van der Waals surface area (Å²) in [6.45, 7) is 4.25. The fourth-order valence-electron chi connectivity index (χ4n) is 4.46. The average Bonchev–Trinajstić information content (AvgIpc) is 2.41. The lowest BCUT2D eigenvalue weighted by molar-refractivity contribution is 0.0298. The van der Waals surface area contributed by atoms with Crippen LogP contribution < -0.4 is 5.32 Å². The van der Waals surface area contributed by atoms with Gasteiger partial charge in [0.15, 0.2) is 0 Å². The molecule has 3 aliphatic rings. The summed E-state index contributed by atoms with van der Waals surface area (Å²) in [7, 11) is 0. The van der Waals surface area contributed by atoms with E-state index in [0.717, 1.165) is 31.1 Å². The van der Waals surface area contributed by atoms with Gasteiger partial charge in [0.1, 0.15) is 0 Å². The first-order valence-corrected chi connectivity index (χ1v) is 8.16. The molecule has 104 valence electrons. The van der Waals surface area contributed by atoms with E-state index in [0.29, 0.717) is 12.0 Å². The summed E-state index contributed by atoms with van der Waals surface area (Å²) >= 11 is 0. The minimum absolute atomic E-state index is 0.697. The van der Waals surface area contributed by atoms with Gasteiger partial charge < -0.3 is 10.1 Å². The highest BCUT2D eigenvalue weighted by molar-refractivity contribution is 4.89. The van der Waals surface area contributed by atoms with E-state index in [4.69, 9.17) is 4.74 Å². The minimum atomic E-state index is 0.697. The molecule has 2 aliphatic carbocycles. The van der Waals surface area contributed by atoms with Gasteiger partial charge >= 0.3 is 0 Å². The predicted octanol–water partition coefficient (Wildman–Crippen LogP) is 3.36. The highest BCUT2D eigenvalue weighted by Crippen LogP contribution is 2.40. The molecule has 1 heterocycles. The number of nitrogens with one attached hydrogen (secondary N) is 1. The van der Waals surface area contributed by atoms with Crippen molar-refractivity contribution in [2.75, 3.05) is 13.2 Å². The maximum absolute atomic E-state index is 5.55. The van der Waals surface area contributed by atoms with Crippen molar-refractivity contribution in [1.82, 2.24) is 5.32 Å². The van der Waals surface area contributed by atoms with E-state index in [2.05, 4.69) is 12.2 Å². The van der Waals surface area contributed by atoms with Gasteiger partial charge in [0.25, 0.3) is 0 Å². The van der Waals surface area contributed by atoms with Crippen LogP contribution in [0.25, 0.3) is 0 Å². The molecule has 5 unspecified atom stereocenters. The van der Waals surface area contributed by atoms with E-state index in [9.17, 15) is 0 Å². The summed E-state index contributed by atoms with van der Waals surface area (Å²) in [5.41, 5.74) is 0. The van der Waals surface area contributed by atoms with Crippen molar-refractivity contribution in [3.8, 4) is 0 Å². The summed E-state index contributed by atoms with van der Waals surface area (Å²) in [6.07, 6.45) is 11.6. The molecule has 5 atom stereocenters. The molecule has 2 heteroatoms. The monoisotopic (exact) mass is 251 g/mol. The number of ether oxygens (including phenoxy) is 1. The van der Waals surface area contributed by atoms with Crippen LogP contribution in [0.4, 0.5) is 0 Å². The van der Waals surface area contributed by atoms with Crippen molar-refractivity contribution < 1.29 is 4.74 Å². The van der Waals surface area contributed by atoms with Crippen LogP contribution in [0.2, 0.25) is 0 Å². The Morgan fingerprint density at radius 3 is 2.61 bits per heavy atom. The third-order valence-corrected chi connectivity index (χ3v) is 5.63. The van der Waals surface area contributed by atoms with Gasteiger partial charge in [0, 0.05) is 18.7 Å². The molecule has 3 rings (SSSR count). The number of fused-ring (bicyclic) bond motifs is 1. The van der Waals surface area contributed by atoms with Gasteiger partial charge in [-0.25, -0.2) is 0 Å². The fourth-order valence-corrected chi connectivity index (χ4v) is 4.46. The van der Waals surface area contributed by atoms with E-state index < -0.39 is 0 Å². The lowest BCUT2D eigenvalue weighted by Gasteiger charge is -2.42. The molecule has 1 aliphatic heterocycles. The van der Waals surface area contributed by atoms with Gasteiger partial charge in [0.05, 0.1) is 6.61 Å². The Labute approximate surface area is 112 Å². The highest BCUT2D eigenvalue weighted by atomic mass is 16.5. The quantitative estimate of drug-likeness (QED) is 0.812. The van der Waals surface area contributed by atoms with Crippen molar-refractivity contribution in [2.24, 2.45) is 17.8 Å². The Bertz CT molecular complexity index is 268. The van der Waals surface area contributed by atoms with Crippen LogP contribution in [-0.4, -0.2) is 25.3 Å². The van der Waals surface area contributed by atoms with E-state index in [1.807, 2.05) is 0 Å². The second-order valence-electron chi connectivity index (χ2n) is 6.93. The Morgan fingerprint density at radius 2 is 1.78 bits per heavy atom. The smallest absolute Gasteiger partial charge is 0.0506 e. The molecular weight excluding hydrogens is 222 g/mol. The van der Waals surface area contributed by atoms with Crippen LogP contribution in [0, 0.1) is 17.8 Å². The molecule has 3 fully saturated rings. The van der Waals surface area contributed by atoms with Crippen molar-refractivity contribution in [2.45, 2.75) is 70.4 Å². The Balaban J connectivity index is 1.51. The molecule has 1 N–H and O–H groups in total. The molecule has 0 amide bonds. The lowest BCUT2D eigenvalue weighted by atomic mass is 9.69. The van der Waals surface area contributed by atoms with E-state index in [-0.39, 0.29) is 0 Å². The Hall–Kier alpha value is -0.0800. The molecule has 2 saturated carbocycles. The Morgan fingerprint density at radius 1 is 0.944 bits per heavy atom. The van der Waals surface area contributed by atoms with Crippen LogP contribution in [-0.2, 0) is 4.74 Å². The molecule has 1 saturated heterocycles. The van der Waals surface area contributed by atoms with Crippen LogP contribution in [0.5, 0.6) is 0 Å². The fraction of sp³-hybridized carbons (Fsp3) is 1.00. The van der Waals surface area contributed by atoms with Crippen LogP contribution >= 0.6 is 0 Å². The molecule has 0 spiro atoms. The summed E-state index contributed by atoms with van der Waals surface area (Å²) in [4.78, 5) is 0. The number of rotatable bonds is 2. The second kappa shape index (κ2) is 5.92. The molecule has 18 heavy (non-hydrogen) atoms. The van der Waals surface area contributed by atoms with Gasteiger partial charge in [-0.3, -0.25) is 0 Å². The highest BCUT2D eigenvalue weighted by Gasteiger charge is 2.33. The predicted molar refractivity (Wildman–Crippen MR) is 74.6 cm³/mol. The Kier molecular flexibility index (Phi) is 4.25. The van der Waals surface area contributed by atoms with E-state index in [1.165, 1.54) is 51.4 Å². The molecule has 0 aromatic carbocycles. The zero-order chi connectivity index (χ0) is 12.4. The summed E-state index contributed by atoms with van der Waals surface area (Å²) in [6, 6.07) is 1.51. The molecular formula is C16H29NO. The van der Waals surface area contributed by atoms with Crippen LogP contribution in [0.3, 0.4) is 0 Å². The number of hydrogen-bond donors (Lipinski definition) is 1. The van der Waals surface area contributed by atoms with Gasteiger partial charge in [-0.15, -0.1) is 0 Å². The van der Waals surface area contributed by atoms with Gasteiger partial charge in [-0.2, -0.15) is 0 Å². The van der Waals surface area contributed by atoms with Crippen LogP contribution in [0.15, 0.2) is 0 Å². The number of hydrogen-bond acceptors (Lipinski definition) is 2. The first-order valence-electron chi connectivity index (χ1n) is 8.16. The average molecular weight is 251 g/mol. The summed E-state index contributed by atoms with van der Waals surface area (Å²) in [5, 5.41) is 3.96. The third-order valence-electron chi connectivity index (χ3n) is 5.63. The first kappa shape index (κ1) is 12.9. The van der Waals surface area contributed by atoms with Gasteiger partial charge in [0.2, 0.25) is 0 Å². The zero-order valence-corrected chi connectivity index (χ0v) is 11.9. The van der Waals surface area contributed by atoms with Gasteiger partial charge in [-0.1, -0.05) is 32.6 Å². The SMILES string of the molecule is CC1COCCC1NC1CCC2CCCCC2C1. The van der Waals surface area contributed by atoms with Crippen LogP contribution in [0.1, 0.15) is 58.3 Å². The maximum atomic E-state index is 5.55. The normalized spacial score (nSPS) is 45.5. The molecule has 0 aromatic rings. The molecule has 2 nitrogen and oxygen atoms in total. The van der Waals surface area contributed by atoms with Crippen molar-refractivity contribution in [3.05, 3.63) is 0 Å². The van der Waals surface area contributed by atoms with E-state index >= 15 is 0 Å². The molecule has 0 bridgehead atoms. The first-order chi connectivity index (χ1) is 8.83. The third kappa shape index (κ3) is 2.91.